The number of amides is 1. The number of likely N-dealkylation sites (N-methyl/N-ethyl adjacent to an activating group) is 1. The summed E-state index contributed by atoms with van der Waals surface area (Å²) in [5, 5.41) is 6.09. The summed E-state index contributed by atoms with van der Waals surface area (Å²) in [7, 11) is 1.92. The van der Waals surface area contributed by atoms with Crippen molar-refractivity contribution in [2.45, 2.75) is 31.7 Å². The van der Waals surface area contributed by atoms with Gasteiger partial charge in [0.05, 0.1) is 5.54 Å². The Hall–Kier alpha value is -0.570. The lowest BCUT2D eigenvalue weighted by Crippen LogP contribution is -2.58. The van der Waals surface area contributed by atoms with Crippen molar-refractivity contribution in [2.75, 3.05) is 13.6 Å². The summed E-state index contributed by atoms with van der Waals surface area (Å²) in [6.07, 6.45) is 3.47. The van der Waals surface area contributed by atoms with E-state index >= 15 is 0 Å². The molecule has 64 valence electrons. The fourth-order valence-corrected chi connectivity index (χ4v) is 1.66. The van der Waals surface area contributed by atoms with Crippen LogP contribution >= 0.6 is 0 Å². The van der Waals surface area contributed by atoms with Crippen LogP contribution in [0.15, 0.2) is 0 Å². The molecule has 0 aromatic carbocycles. The molecule has 0 spiro atoms. The topological polar surface area (TPSA) is 41.1 Å². The molecule has 1 rings (SSSR count). The van der Waals surface area contributed by atoms with Crippen molar-refractivity contribution >= 4 is 5.91 Å². The third-order valence-corrected chi connectivity index (χ3v) is 2.27. The van der Waals surface area contributed by atoms with Crippen LogP contribution in [-0.4, -0.2) is 25.0 Å². The molecule has 1 saturated carbocycles. The zero-order chi connectivity index (χ0) is 8.32. The van der Waals surface area contributed by atoms with Crippen LogP contribution in [0.2, 0.25) is 0 Å². The van der Waals surface area contributed by atoms with Crippen molar-refractivity contribution < 1.29 is 4.79 Å². The molecule has 0 aromatic heterocycles. The molecule has 0 bridgehead atoms. The lowest BCUT2D eigenvalue weighted by molar-refractivity contribution is -0.121. The number of rotatable bonds is 3. The monoisotopic (exact) mass is 156 g/mol. The van der Waals surface area contributed by atoms with E-state index in [2.05, 4.69) is 10.6 Å². The van der Waals surface area contributed by atoms with E-state index in [0.717, 1.165) is 19.4 Å². The molecule has 3 nitrogen and oxygen atoms in total. The SMILES string of the molecule is CNCC1(NC(C)=O)CCC1. The molecular formula is C8H16N2O. The molecule has 0 heterocycles. The van der Waals surface area contributed by atoms with Gasteiger partial charge in [0.1, 0.15) is 0 Å². The van der Waals surface area contributed by atoms with Gasteiger partial charge in [-0.2, -0.15) is 0 Å². The molecule has 1 fully saturated rings. The normalized spacial score (nSPS) is 20.5. The standard InChI is InChI=1S/C8H16N2O/c1-7(11)10-8(6-9-2)4-3-5-8/h9H,3-6H2,1-2H3,(H,10,11). The zero-order valence-electron chi connectivity index (χ0n) is 7.24. The third-order valence-electron chi connectivity index (χ3n) is 2.27. The number of hydrogen-bond acceptors (Lipinski definition) is 2. The van der Waals surface area contributed by atoms with Gasteiger partial charge in [-0.3, -0.25) is 4.79 Å². The summed E-state index contributed by atoms with van der Waals surface area (Å²) in [4.78, 5) is 10.8. The average molecular weight is 156 g/mol. The fourth-order valence-electron chi connectivity index (χ4n) is 1.66. The molecule has 1 aliphatic rings. The van der Waals surface area contributed by atoms with Crippen molar-refractivity contribution in [3.8, 4) is 0 Å². The highest BCUT2D eigenvalue weighted by Gasteiger charge is 2.36. The Morgan fingerprint density at radius 3 is 2.45 bits per heavy atom. The van der Waals surface area contributed by atoms with Crippen LogP contribution in [0.1, 0.15) is 26.2 Å². The molecule has 0 atom stereocenters. The first-order valence-corrected chi connectivity index (χ1v) is 4.12. The summed E-state index contributed by atoms with van der Waals surface area (Å²) in [5.74, 6) is 0.0833. The molecule has 0 aliphatic heterocycles. The van der Waals surface area contributed by atoms with Gasteiger partial charge in [-0.1, -0.05) is 0 Å². The lowest BCUT2D eigenvalue weighted by atomic mass is 9.76. The van der Waals surface area contributed by atoms with Crippen LogP contribution in [0.3, 0.4) is 0 Å². The second kappa shape index (κ2) is 3.22. The Balaban J connectivity index is 2.39. The summed E-state index contributed by atoms with van der Waals surface area (Å²) >= 11 is 0. The molecule has 0 aromatic rings. The Morgan fingerprint density at radius 1 is 1.55 bits per heavy atom. The van der Waals surface area contributed by atoms with Gasteiger partial charge in [-0.15, -0.1) is 0 Å². The largest absolute Gasteiger partial charge is 0.350 e. The maximum atomic E-state index is 10.8. The summed E-state index contributed by atoms with van der Waals surface area (Å²) in [6.45, 7) is 2.47. The molecule has 0 unspecified atom stereocenters. The second-order valence-corrected chi connectivity index (χ2v) is 3.35. The predicted octanol–water partition coefficient (Wildman–Crippen LogP) is 0.265. The van der Waals surface area contributed by atoms with E-state index in [0.29, 0.717) is 0 Å². The van der Waals surface area contributed by atoms with E-state index in [4.69, 9.17) is 0 Å². The lowest BCUT2D eigenvalue weighted by Gasteiger charge is -2.42. The molecule has 1 aliphatic carbocycles. The van der Waals surface area contributed by atoms with Gasteiger partial charge in [-0.25, -0.2) is 0 Å². The predicted molar refractivity (Wildman–Crippen MR) is 44.3 cm³/mol. The average Bonchev–Trinajstić information content (AvgIpc) is 1.82. The fraction of sp³-hybridized carbons (Fsp3) is 0.875. The first-order valence-electron chi connectivity index (χ1n) is 4.12. The van der Waals surface area contributed by atoms with Crippen LogP contribution in [0.5, 0.6) is 0 Å². The van der Waals surface area contributed by atoms with Gasteiger partial charge in [0, 0.05) is 13.5 Å². The minimum atomic E-state index is 0.0833. The van der Waals surface area contributed by atoms with Gasteiger partial charge >= 0.3 is 0 Å². The van der Waals surface area contributed by atoms with Gasteiger partial charge in [0.15, 0.2) is 0 Å². The van der Waals surface area contributed by atoms with E-state index in [9.17, 15) is 4.79 Å². The van der Waals surface area contributed by atoms with E-state index in [1.165, 1.54) is 6.42 Å². The number of hydrogen-bond donors (Lipinski definition) is 2. The molecule has 2 N–H and O–H groups in total. The molecule has 0 radical (unpaired) electrons. The smallest absolute Gasteiger partial charge is 0.217 e. The van der Waals surface area contributed by atoms with E-state index in [1.807, 2.05) is 7.05 Å². The van der Waals surface area contributed by atoms with Crippen molar-refractivity contribution in [1.82, 2.24) is 10.6 Å². The first kappa shape index (κ1) is 8.53. The van der Waals surface area contributed by atoms with Crippen LogP contribution in [0, 0.1) is 0 Å². The molecule has 3 heteroatoms. The highest BCUT2D eigenvalue weighted by Crippen LogP contribution is 2.30. The highest BCUT2D eigenvalue weighted by molar-refractivity contribution is 5.74. The van der Waals surface area contributed by atoms with Gasteiger partial charge in [0.2, 0.25) is 5.91 Å². The van der Waals surface area contributed by atoms with Crippen LogP contribution in [-0.2, 0) is 4.79 Å². The molecule has 1 amide bonds. The zero-order valence-corrected chi connectivity index (χ0v) is 7.24. The Labute approximate surface area is 67.5 Å². The van der Waals surface area contributed by atoms with E-state index in [-0.39, 0.29) is 11.4 Å². The number of carbonyl (C=O) groups is 1. The minimum absolute atomic E-state index is 0.0833. The van der Waals surface area contributed by atoms with Crippen molar-refractivity contribution in [3.63, 3.8) is 0 Å². The molecular weight excluding hydrogens is 140 g/mol. The quantitative estimate of drug-likeness (QED) is 0.615. The maximum Gasteiger partial charge on any atom is 0.217 e. The van der Waals surface area contributed by atoms with Gasteiger partial charge < -0.3 is 10.6 Å². The highest BCUT2D eigenvalue weighted by atomic mass is 16.1. The summed E-state index contributed by atoms with van der Waals surface area (Å²) < 4.78 is 0. The van der Waals surface area contributed by atoms with Crippen LogP contribution in [0.25, 0.3) is 0 Å². The van der Waals surface area contributed by atoms with Crippen LogP contribution < -0.4 is 10.6 Å². The third kappa shape index (κ3) is 1.93. The number of carbonyl (C=O) groups excluding carboxylic acids is 1. The van der Waals surface area contributed by atoms with Crippen molar-refractivity contribution in [1.29, 1.82) is 0 Å². The van der Waals surface area contributed by atoms with E-state index < -0.39 is 0 Å². The molecule has 11 heavy (non-hydrogen) atoms. The second-order valence-electron chi connectivity index (χ2n) is 3.35. The Bertz CT molecular complexity index is 152. The first-order chi connectivity index (χ1) is 5.18. The van der Waals surface area contributed by atoms with Gasteiger partial charge in [-0.05, 0) is 26.3 Å². The molecule has 0 saturated heterocycles. The van der Waals surface area contributed by atoms with E-state index in [1.54, 1.807) is 6.92 Å². The Morgan fingerprint density at radius 2 is 2.18 bits per heavy atom. The summed E-state index contributed by atoms with van der Waals surface area (Å²) in [6, 6.07) is 0. The van der Waals surface area contributed by atoms with Crippen LogP contribution in [0.4, 0.5) is 0 Å². The Kier molecular flexibility index (Phi) is 2.49. The summed E-state index contributed by atoms with van der Waals surface area (Å²) in [5.41, 5.74) is 0.0839. The maximum absolute atomic E-state index is 10.8. The number of nitrogens with one attached hydrogen (secondary N) is 2. The van der Waals surface area contributed by atoms with Crippen molar-refractivity contribution in [2.24, 2.45) is 0 Å². The van der Waals surface area contributed by atoms with Gasteiger partial charge in [0.25, 0.3) is 0 Å². The van der Waals surface area contributed by atoms with Crippen molar-refractivity contribution in [3.05, 3.63) is 0 Å². The minimum Gasteiger partial charge on any atom is -0.350 e.